The van der Waals surface area contributed by atoms with E-state index in [1.165, 1.54) is 6.92 Å². The van der Waals surface area contributed by atoms with Crippen LogP contribution in [0.3, 0.4) is 0 Å². The van der Waals surface area contributed by atoms with Crippen molar-refractivity contribution in [1.29, 1.82) is 0 Å². The van der Waals surface area contributed by atoms with E-state index in [0.717, 1.165) is 0 Å². The van der Waals surface area contributed by atoms with Gasteiger partial charge < -0.3 is 10.2 Å². The molecule has 9 heavy (non-hydrogen) atoms. The molecule has 0 bridgehead atoms. The summed E-state index contributed by atoms with van der Waals surface area (Å²) in [6.45, 7) is 3.40. The van der Waals surface area contributed by atoms with Crippen LogP contribution in [0, 0.1) is 11.8 Å². The number of aliphatic hydroxyl groups excluding tert-OH is 2. The summed E-state index contributed by atoms with van der Waals surface area (Å²) in [6.07, 6.45) is -0.918. The fourth-order valence-electron chi connectivity index (χ4n) is 0.327. The molecule has 0 saturated carbocycles. The average molecular weight is 128 g/mol. The van der Waals surface area contributed by atoms with Gasteiger partial charge in [0.15, 0.2) is 0 Å². The molecule has 0 fully saturated rings. The van der Waals surface area contributed by atoms with Crippen LogP contribution < -0.4 is 0 Å². The van der Waals surface area contributed by atoms with Crippen molar-refractivity contribution >= 4 is 0 Å². The van der Waals surface area contributed by atoms with Gasteiger partial charge in [-0.05, 0) is 6.92 Å². The largest absolute Gasteiger partial charge is 0.390 e. The second-order valence-electron chi connectivity index (χ2n) is 1.86. The molecule has 52 valence electrons. The molecule has 0 heterocycles. The molecule has 2 unspecified atom stereocenters. The first-order valence-electron chi connectivity index (χ1n) is 3.03. The average Bonchev–Trinajstić information content (AvgIpc) is 1.82. The van der Waals surface area contributed by atoms with Crippen molar-refractivity contribution < 1.29 is 10.2 Å². The minimum Gasteiger partial charge on any atom is -0.390 e. The zero-order valence-electron chi connectivity index (χ0n) is 5.76. The number of rotatable bonds is 1. The van der Waals surface area contributed by atoms with E-state index in [9.17, 15) is 0 Å². The van der Waals surface area contributed by atoms with Crippen molar-refractivity contribution in [2.45, 2.75) is 32.5 Å². The Morgan fingerprint density at radius 2 is 2.00 bits per heavy atom. The standard InChI is InChI=1S/C7H12O2/c1-3-4-5-7(9)6(2)8/h6-9H,3H2,1-2H3. The molecule has 2 atom stereocenters. The van der Waals surface area contributed by atoms with Gasteiger partial charge in [-0.25, -0.2) is 0 Å². The molecule has 0 aliphatic heterocycles. The maximum Gasteiger partial charge on any atom is 0.140 e. The molecule has 2 heteroatoms. The summed E-state index contributed by atoms with van der Waals surface area (Å²) >= 11 is 0. The summed E-state index contributed by atoms with van der Waals surface area (Å²) in [6, 6.07) is 0. The van der Waals surface area contributed by atoms with Crippen LogP contribution in [0.15, 0.2) is 0 Å². The third-order valence-electron chi connectivity index (χ3n) is 0.884. The van der Waals surface area contributed by atoms with Crippen molar-refractivity contribution in [2.75, 3.05) is 0 Å². The van der Waals surface area contributed by atoms with Gasteiger partial charge in [0.2, 0.25) is 0 Å². The van der Waals surface area contributed by atoms with Gasteiger partial charge in [0.1, 0.15) is 6.10 Å². The summed E-state index contributed by atoms with van der Waals surface area (Å²) in [7, 11) is 0. The zero-order chi connectivity index (χ0) is 7.28. The summed E-state index contributed by atoms with van der Waals surface area (Å²) in [5, 5.41) is 17.5. The maximum absolute atomic E-state index is 8.83. The number of hydrogen-bond donors (Lipinski definition) is 2. The smallest absolute Gasteiger partial charge is 0.140 e. The highest BCUT2D eigenvalue weighted by atomic mass is 16.3. The van der Waals surface area contributed by atoms with E-state index in [1.807, 2.05) is 6.92 Å². The highest BCUT2D eigenvalue weighted by Gasteiger charge is 2.04. The van der Waals surface area contributed by atoms with Crippen LogP contribution in [0.25, 0.3) is 0 Å². The molecule has 0 radical (unpaired) electrons. The Labute approximate surface area is 55.5 Å². The molecular weight excluding hydrogens is 116 g/mol. The molecular formula is C7H12O2. The molecule has 0 spiro atoms. The van der Waals surface area contributed by atoms with Gasteiger partial charge in [-0.1, -0.05) is 12.8 Å². The van der Waals surface area contributed by atoms with E-state index in [1.54, 1.807) is 0 Å². The fraction of sp³-hybridized carbons (Fsp3) is 0.714. The topological polar surface area (TPSA) is 40.5 Å². The number of hydrogen-bond acceptors (Lipinski definition) is 2. The second kappa shape index (κ2) is 4.37. The molecule has 0 aromatic carbocycles. The van der Waals surface area contributed by atoms with Gasteiger partial charge >= 0.3 is 0 Å². The highest BCUT2D eigenvalue weighted by Crippen LogP contribution is 1.88. The number of aliphatic hydroxyl groups is 2. The van der Waals surface area contributed by atoms with Crippen LogP contribution in [0.4, 0.5) is 0 Å². The van der Waals surface area contributed by atoms with E-state index in [4.69, 9.17) is 10.2 Å². The van der Waals surface area contributed by atoms with Crippen molar-refractivity contribution in [3.63, 3.8) is 0 Å². The summed E-state index contributed by atoms with van der Waals surface area (Å²) < 4.78 is 0. The van der Waals surface area contributed by atoms with Gasteiger partial charge in [0.05, 0.1) is 6.10 Å². The summed E-state index contributed by atoms with van der Waals surface area (Å²) in [5.74, 6) is 5.16. The molecule has 0 amide bonds. The van der Waals surface area contributed by atoms with E-state index < -0.39 is 12.2 Å². The molecule has 2 nitrogen and oxygen atoms in total. The van der Waals surface area contributed by atoms with E-state index in [-0.39, 0.29) is 0 Å². The minimum atomic E-state index is -0.884. The Balaban J connectivity index is 3.61. The minimum absolute atomic E-state index is 0.712. The van der Waals surface area contributed by atoms with Crippen LogP contribution in [0.1, 0.15) is 20.3 Å². The predicted molar refractivity (Wildman–Crippen MR) is 35.8 cm³/mol. The van der Waals surface area contributed by atoms with E-state index >= 15 is 0 Å². The molecule has 0 saturated heterocycles. The van der Waals surface area contributed by atoms with Crippen molar-refractivity contribution in [3.05, 3.63) is 0 Å². The fourth-order valence-corrected chi connectivity index (χ4v) is 0.327. The first kappa shape index (κ1) is 8.48. The predicted octanol–water partition coefficient (Wildman–Crippen LogP) is 0.141. The lowest BCUT2D eigenvalue weighted by Crippen LogP contribution is -2.19. The Hall–Kier alpha value is -0.520. The van der Waals surface area contributed by atoms with E-state index in [2.05, 4.69) is 11.8 Å². The van der Waals surface area contributed by atoms with Gasteiger partial charge in [-0.3, -0.25) is 0 Å². The van der Waals surface area contributed by atoms with Gasteiger partial charge in [0.25, 0.3) is 0 Å². The summed E-state index contributed by atoms with van der Waals surface area (Å²) in [4.78, 5) is 0. The van der Waals surface area contributed by atoms with Crippen LogP contribution in [0.2, 0.25) is 0 Å². The monoisotopic (exact) mass is 128 g/mol. The van der Waals surface area contributed by atoms with Crippen LogP contribution in [-0.2, 0) is 0 Å². The lowest BCUT2D eigenvalue weighted by molar-refractivity contribution is 0.0677. The zero-order valence-corrected chi connectivity index (χ0v) is 5.76. The van der Waals surface area contributed by atoms with Crippen LogP contribution in [0.5, 0.6) is 0 Å². The third-order valence-corrected chi connectivity index (χ3v) is 0.884. The Bertz CT molecular complexity index is 119. The molecule has 0 aliphatic rings. The first-order chi connectivity index (χ1) is 4.18. The molecule has 0 aliphatic carbocycles. The molecule has 2 N–H and O–H groups in total. The van der Waals surface area contributed by atoms with Gasteiger partial charge in [-0.2, -0.15) is 0 Å². The molecule has 0 aromatic rings. The van der Waals surface area contributed by atoms with E-state index in [0.29, 0.717) is 6.42 Å². The van der Waals surface area contributed by atoms with Crippen molar-refractivity contribution in [3.8, 4) is 11.8 Å². The highest BCUT2D eigenvalue weighted by molar-refractivity contribution is 5.05. The maximum atomic E-state index is 8.83. The van der Waals surface area contributed by atoms with Crippen molar-refractivity contribution in [1.82, 2.24) is 0 Å². The third kappa shape index (κ3) is 4.01. The summed E-state index contributed by atoms with van der Waals surface area (Å²) in [5.41, 5.74) is 0. The SMILES string of the molecule is CCC#CC(O)C(C)O. The normalized spacial score (nSPS) is 15.6. The van der Waals surface area contributed by atoms with Crippen molar-refractivity contribution in [2.24, 2.45) is 0 Å². The first-order valence-corrected chi connectivity index (χ1v) is 3.03. The Kier molecular flexibility index (Phi) is 4.12. The Morgan fingerprint density at radius 1 is 1.44 bits per heavy atom. The lowest BCUT2D eigenvalue weighted by Gasteiger charge is -2.03. The quantitative estimate of drug-likeness (QED) is 0.493. The molecule has 0 rings (SSSR count). The lowest BCUT2D eigenvalue weighted by atomic mass is 10.2. The van der Waals surface area contributed by atoms with Crippen LogP contribution >= 0.6 is 0 Å². The Morgan fingerprint density at radius 3 is 2.33 bits per heavy atom. The van der Waals surface area contributed by atoms with Gasteiger partial charge in [0, 0.05) is 6.42 Å². The van der Waals surface area contributed by atoms with Gasteiger partial charge in [-0.15, -0.1) is 5.92 Å². The van der Waals surface area contributed by atoms with Crippen LogP contribution in [-0.4, -0.2) is 22.4 Å². The molecule has 0 aromatic heterocycles. The second-order valence-corrected chi connectivity index (χ2v) is 1.86.